The first-order valence-corrected chi connectivity index (χ1v) is 5.15. The van der Waals surface area contributed by atoms with E-state index in [2.05, 4.69) is 36.0 Å². The summed E-state index contributed by atoms with van der Waals surface area (Å²) < 4.78 is 1.88. The summed E-state index contributed by atoms with van der Waals surface area (Å²) in [7, 11) is 1.94. The molecule has 0 unspecified atom stereocenters. The van der Waals surface area contributed by atoms with E-state index in [1.54, 1.807) is 0 Å². The number of hydrogen-bond donors (Lipinski definition) is 0. The van der Waals surface area contributed by atoms with Crippen molar-refractivity contribution in [2.75, 3.05) is 6.54 Å². The molecule has 0 aliphatic rings. The molecule has 0 aromatic carbocycles. The fourth-order valence-corrected chi connectivity index (χ4v) is 1.53. The Labute approximate surface area is 91.1 Å². The maximum absolute atomic E-state index is 8.72. The van der Waals surface area contributed by atoms with E-state index >= 15 is 0 Å². The predicted octanol–water partition coefficient (Wildman–Crippen LogP) is 1.46. The van der Waals surface area contributed by atoms with Gasteiger partial charge in [-0.05, 0) is 26.8 Å². The average molecular weight is 206 g/mol. The van der Waals surface area contributed by atoms with Crippen molar-refractivity contribution in [2.24, 2.45) is 7.05 Å². The second-order valence-corrected chi connectivity index (χ2v) is 4.06. The van der Waals surface area contributed by atoms with E-state index in [1.165, 1.54) is 0 Å². The molecule has 0 bridgehead atoms. The van der Waals surface area contributed by atoms with Gasteiger partial charge in [0.1, 0.15) is 0 Å². The highest BCUT2D eigenvalue weighted by molar-refractivity contribution is 5.08. The second-order valence-electron chi connectivity index (χ2n) is 4.06. The fraction of sp³-hybridized carbons (Fsp3) is 0.636. The minimum absolute atomic E-state index is 0.375. The van der Waals surface area contributed by atoms with Crippen LogP contribution in [0.3, 0.4) is 0 Å². The molecule has 0 atom stereocenters. The lowest BCUT2D eigenvalue weighted by Gasteiger charge is -2.23. The zero-order valence-corrected chi connectivity index (χ0v) is 9.86. The first kappa shape index (κ1) is 11.7. The van der Waals surface area contributed by atoms with Crippen LogP contribution in [0.25, 0.3) is 0 Å². The molecule has 0 amide bonds. The summed E-state index contributed by atoms with van der Waals surface area (Å²) in [4.78, 5) is 2.12. The van der Waals surface area contributed by atoms with Gasteiger partial charge in [-0.1, -0.05) is 0 Å². The summed E-state index contributed by atoms with van der Waals surface area (Å²) in [6.07, 6.45) is 0. The monoisotopic (exact) mass is 206 g/mol. The number of nitrogens with zero attached hydrogens (tertiary/aromatic N) is 4. The lowest BCUT2D eigenvalue weighted by atomic mass is 10.2. The molecule has 0 spiro atoms. The van der Waals surface area contributed by atoms with Crippen molar-refractivity contribution in [3.05, 3.63) is 17.5 Å². The molecule has 0 N–H and O–H groups in total. The van der Waals surface area contributed by atoms with Crippen molar-refractivity contribution in [2.45, 2.75) is 33.4 Å². The molecule has 0 fully saturated rings. The third-order valence-electron chi connectivity index (χ3n) is 2.47. The number of hydrogen-bond acceptors (Lipinski definition) is 3. The van der Waals surface area contributed by atoms with E-state index < -0.39 is 0 Å². The van der Waals surface area contributed by atoms with Crippen LogP contribution in [0.2, 0.25) is 0 Å². The van der Waals surface area contributed by atoms with Gasteiger partial charge in [0, 0.05) is 19.6 Å². The molecule has 0 aliphatic heterocycles. The van der Waals surface area contributed by atoms with E-state index in [0.29, 0.717) is 12.6 Å². The van der Waals surface area contributed by atoms with Gasteiger partial charge in [-0.25, -0.2) is 0 Å². The number of nitriles is 1. The minimum atomic E-state index is 0.375. The molecule has 4 heteroatoms. The van der Waals surface area contributed by atoms with Crippen molar-refractivity contribution in [3.63, 3.8) is 0 Å². The van der Waals surface area contributed by atoms with Gasteiger partial charge in [-0.3, -0.25) is 9.58 Å². The van der Waals surface area contributed by atoms with E-state index in [4.69, 9.17) is 5.26 Å². The Morgan fingerprint density at radius 2 is 2.27 bits per heavy atom. The van der Waals surface area contributed by atoms with Crippen LogP contribution in [-0.4, -0.2) is 27.3 Å². The summed E-state index contributed by atoms with van der Waals surface area (Å²) >= 11 is 0. The largest absolute Gasteiger partial charge is 0.282 e. The van der Waals surface area contributed by atoms with Gasteiger partial charge in [0.15, 0.2) is 0 Å². The second kappa shape index (κ2) is 4.94. The van der Waals surface area contributed by atoms with Gasteiger partial charge in [0.2, 0.25) is 0 Å². The Morgan fingerprint density at radius 1 is 1.60 bits per heavy atom. The molecule has 1 aromatic rings. The average Bonchev–Trinajstić information content (AvgIpc) is 2.44. The Balaban J connectivity index is 2.74. The standard InChI is InChI=1S/C11H18N4/c1-9(2)15(6-5-12)8-11-7-10(3)13-14(11)4/h7,9H,6,8H2,1-4H3. The minimum Gasteiger partial charge on any atom is -0.282 e. The van der Waals surface area contributed by atoms with E-state index in [-0.39, 0.29) is 0 Å². The van der Waals surface area contributed by atoms with E-state index in [9.17, 15) is 0 Å². The van der Waals surface area contributed by atoms with Crippen LogP contribution in [0.4, 0.5) is 0 Å². The zero-order valence-electron chi connectivity index (χ0n) is 9.86. The molecule has 0 saturated carbocycles. The van der Waals surface area contributed by atoms with Crippen LogP contribution in [0.5, 0.6) is 0 Å². The van der Waals surface area contributed by atoms with Gasteiger partial charge in [0.05, 0.1) is 24.0 Å². The van der Waals surface area contributed by atoms with Gasteiger partial charge in [-0.15, -0.1) is 0 Å². The molecule has 82 valence electrons. The molecule has 0 radical (unpaired) electrons. The summed E-state index contributed by atoms with van der Waals surface area (Å²) in [6, 6.07) is 4.63. The number of rotatable bonds is 4. The first-order chi connectivity index (χ1) is 7.04. The van der Waals surface area contributed by atoms with Crippen LogP contribution >= 0.6 is 0 Å². The maximum atomic E-state index is 8.72. The lowest BCUT2D eigenvalue weighted by molar-refractivity contribution is 0.234. The Bertz CT molecular complexity index is 359. The van der Waals surface area contributed by atoms with Gasteiger partial charge >= 0.3 is 0 Å². The van der Waals surface area contributed by atoms with Gasteiger partial charge < -0.3 is 0 Å². The van der Waals surface area contributed by atoms with Crippen LogP contribution in [0.1, 0.15) is 25.2 Å². The molecule has 1 rings (SSSR count). The predicted molar refractivity (Wildman–Crippen MR) is 59.1 cm³/mol. The normalized spacial score (nSPS) is 11.0. The van der Waals surface area contributed by atoms with E-state index in [1.807, 2.05) is 18.7 Å². The first-order valence-electron chi connectivity index (χ1n) is 5.15. The molecule has 15 heavy (non-hydrogen) atoms. The Morgan fingerprint density at radius 3 is 2.67 bits per heavy atom. The van der Waals surface area contributed by atoms with Crippen molar-refractivity contribution in [1.29, 1.82) is 5.26 Å². The van der Waals surface area contributed by atoms with Crippen molar-refractivity contribution < 1.29 is 0 Å². The van der Waals surface area contributed by atoms with Crippen molar-refractivity contribution in [3.8, 4) is 6.07 Å². The molecule has 1 aromatic heterocycles. The van der Waals surface area contributed by atoms with Crippen LogP contribution in [-0.2, 0) is 13.6 Å². The number of aryl methyl sites for hydroxylation is 2. The smallest absolute Gasteiger partial charge is 0.0871 e. The maximum Gasteiger partial charge on any atom is 0.0871 e. The van der Waals surface area contributed by atoms with Gasteiger partial charge in [0.25, 0.3) is 0 Å². The van der Waals surface area contributed by atoms with Crippen LogP contribution in [0.15, 0.2) is 6.07 Å². The molecule has 1 heterocycles. The highest BCUT2D eigenvalue weighted by Gasteiger charge is 2.12. The quantitative estimate of drug-likeness (QED) is 0.701. The summed E-state index contributed by atoms with van der Waals surface area (Å²) in [5.74, 6) is 0. The summed E-state index contributed by atoms with van der Waals surface area (Å²) in [5, 5.41) is 13.0. The topological polar surface area (TPSA) is 44.9 Å². The van der Waals surface area contributed by atoms with Crippen LogP contribution < -0.4 is 0 Å². The molecular formula is C11H18N4. The molecule has 0 saturated heterocycles. The Kier molecular flexibility index (Phi) is 3.87. The molecular weight excluding hydrogens is 188 g/mol. The highest BCUT2D eigenvalue weighted by Crippen LogP contribution is 2.08. The Hall–Kier alpha value is -1.34. The third kappa shape index (κ3) is 3.07. The molecule has 4 nitrogen and oxygen atoms in total. The van der Waals surface area contributed by atoms with Crippen molar-refractivity contribution >= 4 is 0 Å². The fourth-order valence-electron chi connectivity index (χ4n) is 1.53. The third-order valence-corrected chi connectivity index (χ3v) is 2.47. The van der Waals surface area contributed by atoms with Crippen molar-refractivity contribution in [1.82, 2.24) is 14.7 Å². The number of aromatic nitrogens is 2. The zero-order chi connectivity index (χ0) is 11.4. The molecule has 0 aliphatic carbocycles. The summed E-state index contributed by atoms with van der Waals surface area (Å²) in [6.45, 7) is 7.42. The summed E-state index contributed by atoms with van der Waals surface area (Å²) in [5.41, 5.74) is 2.17. The van der Waals surface area contributed by atoms with Crippen LogP contribution in [0, 0.1) is 18.3 Å². The van der Waals surface area contributed by atoms with E-state index in [0.717, 1.165) is 17.9 Å². The highest BCUT2D eigenvalue weighted by atomic mass is 15.3. The SMILES string of the molecule is Cc1cc(CN(CC#N)C(C)C)n(C)n1. The lowest BCUT2D eigenvalue weighted by Crippen LogP contribution is -2.31. The van der Waals surface area contributed by atoms with Gasteiger partial charge in [-0.2, -0.15) is 10.4 Å².